The van der Waals surface area contributed by atoms with Gasteiger partial charge in [0.1, 0.15) is 0 Å². The first kappa shape index (κ1) is 16.0. The van der Waals surface area contributed by atoms with Crippen molar-refractivity contribution < 1.29 is 0 Å². The zero-order valence-electron chi connectivity index (χ0n) is 12.4. The van der Waals surface area contributed by atoms with E-state index in [-0.39, 0.29) is 11.1 Å². The molecule has 0 unspecified atom stereocenters. The Morgan fingerprint density at radius 2 is 1.45 bits per heavy atom. The third kappa shape index (κ3) is 5.26. The first-order valence-electron chi connectivity index (χ1n) is 6.77. The van der Waals surface area contributed by atoms with Gasteiger partial charge in [0.25, 0.3) is 0 Å². The Labute approximate surface area is 118 Å². The zero-order chi connectivity index (χ0) is 15.1. The molecule has 0 aromatic carbocycles. The summed E-state index contributed by atoms with van der Waals surface area (Å²) in [6.07, 6.45) is 3.44. The number of aromatic nitrogens is 2. The summed E-state index contributed by atoms with van der Waals surface area (Å²) in [5.41, 5.74) is 2.19. The zero-order valence-corrected chi connectivity index (χ0v) is 12.4. The van der Waals surface area contributed by atoms with E-state index in [0.717, 1.165) is 5.56 Å². The molecule has 2 aromatic rings. The van der Waals surface area contributed by atoms with Crippen LogP contribution in [-0.2, 0) is 0 Å². The lowest BCUT2D eigenvalue weighted by molar-refractivity contribution is 0.855. The van der Waals surface area contributed by atoms with Crippen molar-refractivity contribution in [2.24, 2.45) is 0 Å². The molecule has 0 saturated carbocycles. The molecule has 0 saturated heterocycles. The van der Waals surface area contributed by atoms with E-state index in [4.69, 9.17) is 0 Å². The summed E-state index contributed by atoms with van der Waals surface area (Å²) in [6, 6.07) is 6.95. The van der Waals surface area contributed by atoms with E-state index in [0.29, 0.717) is 11.8 Å². The minimum atomic E-state index is -0.0376. The smallest absolute Gasteiger partial charge is 0.248 e. The molecule has 20 heavy (non-hydrogen) atoms. The van der Waals surface area contributed by atoms with E-state index in [2.05, 4.69) is 37.7 Å². The van der Waals surface area contributed by atoms with Crippen LogP contribution in [0.15, 0.2) is 46.2 Å². The maximum Gasteiger partial charge on any atom is 0.248 e. The highest BCUT2D eigenvalue weighted by molar-refractivity contribution is 5.13. The van der Waals surface area contributed by atoms with Crippen LogP contribution < -0.4 is 11.1 Å². The Balaban J connectivity index is 0.000000200. The summed E-state index contributed by atoms with van der Waals surface area (Å²) in [4.78, 5) is 26.5. The van der Waals surface area contributed by atoms with Crippen LogP contribution in [0.1, 0.15) is 50.7 Å². The fourth-order valence-corrected chi connectivity index (χ4v) is 1.60. The molecule has 0 aliphatic carbocycles. The average Bonchev–Trinajstić information content (AvgIpc) is 2.40. The Morgan fingerprint density at radius 1 is 0.800 bits per heavy atom. The van der Waals surface area contributed by atoms with Crippen LogP contribution in [0.3, 0.4) is 0 Å². The Kier molecular flexibility index (Phi) is 5.97. The molecule has 4 heteroatoms. The number of hydrogen-bond donors (Lipinski definition) is 2. The Hall–Kier alpha value is -2.10. The fourth-order valence-electron chi connectivity index (χ4n) is 1.60. The van der Waals surface area contributed by atoms with Gasteiger partial charge < -0.3 is 9.97 Å². The Morgan fingerprint density at radius 3 is 1.85 bits per heavy atom. The molecule has 0 aliphatic heterocycles. The molecule has 2 heterocycles. The highest BCUT2D eigenvalue weighted by Crippen LogP contribution is 2.10. The summed E-state index contributed by atoms with van der Waals surface area (Å²) in [7, 11) is 0. The third-order valence-corrected chi connectivity index (χ3v) is 2.94. The van der Waals surface area contributed by atoms with E-state index in [1.165, 1.54) is 5.56 Å². The largest absolute Gasteiger partial charge is 0.329 e. The molecule has 0 amide bonds. The summed E-state index contributed by atoms with van der Waals surface area (Å²) >= 11 is 0. The summed E-state index contributed by atoms with van der Waals surface area (Å²) in [5.74, 6) is 0.916. The Bertz CT molecular complexity index is 619. The summed E-state index contributed by atoms with van der Waals surface area (Å²) < 4.78 is 0. The molecule has 2 rings (SSSR count). The fraction of sp³-hybridized carbons (Fsp3) is 0.375. The van der Waals surface area contributed by atoms with Gasteiger partial charge in [0.15, 0.2) is 0 Å². The summed E-state index contributed by atoms with van der Waals surface area (Å²) in [6.45, 7) is 8.31. The van der Waals surface area contributed by atoms with Gasteiger partial charge in [-0.3, -0.25) is 9.59 Å². The molecule has 0 atom stereocenters. The molecular formula is C16H22N2O2. The van der Waals surface area contributed by atoms with Crippen molar-refractivity contribution in [1.29, 1.82) is 0 Å². The van der Waals surface area contributed by atoms with Crippen molar-refractivity contribution >= 4 is 0 Å². The van der Waals surface area contributed by atoms with E-state index >= 15 is 0 Å². The molecule has 2 aromatic heterocycles. The van der Waals surface area contributed by atoms with Crippen molar-refractivity contribution in [3.63, 3.8) is 0 Å². The quantitative estimate of drug-likeness (QED) is 0.884. The lowest BCUT2D eigenvalue weighted by Crippen LogP contribution is -2.04. The highest BCUT2D eigenvalue weighted by atomic mass is 16.1. The van der Waals surface area contributed by atoms with Crippen molar-refractivity contribution in [3.8, 4) is 0 Å². The van der Waals surface area contributed by atoms with Crippen molar-refractivity contribution in [3.05, 3.63) is 68.5 Å². The van der Waals surface area contributed by atoms with E-state index < -0.39 is 0 Å². The van der Waals surface area contributed by atoms with Gasteiger partial charge in [0.05, 0.1) is 0 Å². The predicted molar refractivity (Wildman–Crippen MR) is 82.3 cm³/mol. The molecule has 0 spiro atoms. The SMILES string of the molecule is CC(C)c1cc[nH]c(=O)c1.CC(C)c1ccc(=O)[nH]c1. The van der Waals surface area contributed by atoms with Crippen molar-refractivity contribution in [2.75, 3.05) is 0 Å². The second-order valence-corrected chi connectivity index (χ2v) is 5.28. The van der Waals surface area contributed by atoms with Gasteiger partial charge >= 0.3 is 0 Å². The number of H-pyrrole nitrogens is 2. The van der Waals surface area contributed by atoms with Gasteiger partial charge in [-0.1, -0.05) is 33.8 Å². The molecule has 0 fully saturated rings. The first-order valence-corrected chi connectivity index (χ1v) is 6.77. The molecule has 108 valence electrons. The van der Waals surface area contributed by atoms with Crippen LogP contribution in [-0.4, -0.2) is 9.97 Å². The van der Waals surface area contributed by atoms with Crippen LogP contribution in [0.25, 0.3) is 0 Å². The maximum absolute atomic E-state index is 10.7. The topological polar surface area (TPSA) is 65.7 Å². The number of nitrogens with one attached hydrogen (secondary N) is 2. The number of rotatable bonds is 2. The van der Waals surface area contributed by atoms with Crippen LogP contribution in [0.2, 0.25) is 0 Å². The first-order chi connectivity index (χ1) is 9.40. The minimum absolute atomic E-state index is 0.0220. The second kappa shape index (κ2) is 7.48. The van der Waals surface area contributed by atoms with E-state index in [1.54, 1.807) is 24.5 Å². The second-order valence-electron chi connectivity index (χ2n) is 5.28. The van der Waals surface area contributed by atoms with Crippen LogP contribution in [0.5, 0.6) is 0 Å². The number of pyridine rings is 2. The molecule has 0 aliphatic rings. The standard InChI is InChI=1S/2C8H11NO/c1-6(2)7-3-4-9-8(10)5-7;1-6(2)7-3-4-8(10)9-5-7/h2*3-6H,1-2H3,(H,9,10). The van der Waals surface area contributed by atoms with E-state index in [9.17, 15) is 9.59 Å². The molecular weight excluding hydrogens is 252 g/mol. The highest BCUT2D eigenvalue weighted by Gasteiger charge is 1.97. The summed E-state index contributed by atoms with van der Waals surface area (Å²) in [5, 5.41) is 0. The van der Waals surface area contributed by atoms with Crippen LogP contribution in [0, 0.1) is 0 Å². The average molecular weight is 274 g/mol. The van der Waals surface area contributed by atoms with Gasteiger partial charge in [0.2, 0.25) is 11.1 Å². The molecule has 0 radical (unpaired) electrons. The third-order valence-electron chi connectivity index (χ3n) is 2.94. The lowest BCUT2D eigenvalue weighted by atomic mass is 10.1. The van der Waals surface area contributed by atoms with Gasteiger partial charge in [-0.15, -0.1) is 0 Å². The van der Waals surface area contributed by atoms with Gasteiger partial charge in [-0.05, 0) is 29.0 Å². The monoisotopic (exact) mass is 274 g/mol. The van der Waals surface area contributed by atoms with Gasteiger partial charge in [-0.2, -0.15) is 0 Å². The lowest BCUT2D eigenvalue weighted by Gasteiger charge is -2.01. The van der Waals surface area contributed by atoms with Gasteiger partial charge in [-0.25, -0.2) is 0 Å². The van der Waals surface area contributed by atoms with Crippen LogP contribution in [0.4, 0.5) is 0 Å². The van der Waals surface area contributed by atoms with Crippen molar-refractivity contribution in [1.82, 2.24) is 9.97 Å². The van der Waals surface area contributed by atoms with Gasteiger partial charge in [0, 0.05) is 24.5 Å². The van der Waals surface area contributed by atoms with Crippen molar-refractivity contribution in [2.45, 2.75) is 39.5 Å². The predicted octanol–water partition coefficient (Wildman–Crippen LogP) is 3.00. The van der Waals surface area contributed by atoms with Crippen LogP contribution >= 0.6 is 0 Å². The maximum atomic E-state index is 10.7. The van der Waals surface area contributed by atoms with E-state index in [1.807, 2.05) is 12.1 Å². The number of aromatic amines is 2. The number of hydrogen-bond acceptors (Lipinski definition) is 2. The normalized spacial score (nSPS) is 10.3. The molecule has 0 bridgehead atoms. The molecule has 4 nitrogen and oxygen atoms in total. The minimum Gasteiger partial charge on any atom is -0.329 e. The molecule has 2 N–H and O–H groups in total.